The molecule has 1 aromatic heterocycles. The van der Waals surface area contributed by atoms with Gasteiger partial charge in [-0.25, -0.2) is 8.42 Å². The van der Waals surface area contributed by atoms with Crippen molar-refractivity contribution in [2.75, 3.05) is 7.05 Å². The van der Waals surface area contributed by atoms with Gasteiger partial charge in [-0.3, -0.25) is 0 Å². The van der Waals surface area contributed by atoms with Crippen molar-refractivity contribution < 1.29 is 13.5 Å². The zero-order chi connectivity index (χ0) is 14.8. The van der Waals surface area contributed by atoms with E-state index in [-0.39, 0.29) is 16.7 Å². The first-order valence-electron chi connectivity index (χ1n) is 6.20. The number of sulfonamides is 1. The highest BCUT2D eigenvalue weighted by atomic mass is 32.2. The largest absolute Gasteiger partial charge is 0.508 e. The molecule has 2 rings (SSSR count). The lowest BCUT2D eigenvalue weighted by Gasteiger charge is -2.24. The Labute approximate surface area is 123 Å². The lowest BCUT2D eigenvalue weighted by atomic mass is 10.2. The number of phenolic OH excluding ortho intramolecular Hbond substituents is 1. The maximum Gasteiger partial charge on any atom is 0.243 e. The van der Waals surface area contributed by atoms with E-state index < -0.39 is 10.0 Å². The highest BCUT2D eigenvalue weighted by Gasteiger charge is 2.25. The monoisotopic (exact) mass is 311 g/mol. The van der Waals surface area contributed by atoms with Gasteiger partial charge in [-0.05, 0) is 43.0 Å². The minimum atomic E-state index is -3.59. The first-order valence-corrected chi connectivity index (χ1v) is 8.52. The Morgan fingerprint density at radius 3 is 2.65 bits per heavy atom. The lowest BCUT2D eigenvalue weighted by molar-refractivity contribution is 0.387. The summed E-state index contributed by atoms with van der Waals surface area (Å²) in [5, 5.41) is 11.4. The van der Waals surface area contributed by atoms with Crippen LogP contribution in [0.4, 0.5) is 0 Å². The van der Waals surface area contributed by atoms with Crippen LogP contribution in [0.25, 0.3) is 0 Å². The van der Waals surface area contributed by atoms with E-state index in [1.165, 1.54) is 28.6 Å². The molecule has 2 aromatic rings. The second-order valence-corrected chi connectivity index (χ2v) is 7.68. The Kier molecular flexibility index (Phi) is 4.47. The van der Waals surface area contributed by atoms with Crippen molar-refractivity contribution in [1.29, 1.82) is 0 Å². The molecular formula is C14H17NO3S2. The molecule has 1 unspecified atom stereocenters. The molecule has 1 aromatic carbocycles. The number of nitrogens with zero attached hydrogens (tertiary/aromatic N) is 1. The van der Waals surface area contributed by atoms with Crippen LogP contribution in [0, 0.1) is 0 Å². The molecule has 0 fully saturated rings. The van der Waals surface area contributed by atoms with Crippen molar-refractivity contribution in [1.82, 2.24) is 4.31 Å². The van der Waals surface area contributed by atoms with Crippen LogP contribution in [0.5, 0.6) is 5.75 Å². The zero-order valence-corrected chi connectivity index (χ0v) is 13.0. The number of hydrogen-bond acceptors (Lipinski definition) is 4. The van der Waals surface area contributed by atoms with E-state index in [1.54, 1.807) is 18.4 Å². The van der Waals surface area contributed by atoms with Gasteiger partial charge in [0.05, 0.1) is 4.90 Å². The summed E-state index contributed by atoms with van der Waals surface area (Å²) in [5.74, 6) is -0.0506. The number of likely N-dealkylation sites (N-methyl/N-ethyl adjacent to an activating group) is 1. The van der Waals surface area contributed by atoms with E-state index in [2.05, 4.69) is 0 Å². The second kappa shape index (κ2) is 5.95. The van der Waals surface area contributed by atoms with Gasteiger partial charge in [0.25, 0.3) is 0 Å². The van der Waals surface area contributed by atoms with Gasteiger partial charge in [0.15, 0.2) is 0 Å². The van der Waals surface area contributed by atoms with Crippen molar-refractivity contribution in [3.8, 4) is 5.75 Å². The smallest absolute Gasteiger partial charge is 0.243 e. The Morgan fingerprint density at radius 1 is 1.30 bits per heavy atom. The minimum absolute atomic E-state index is 0.0506. The SMILES string of the molecule is CC(Cc1cccs1)N(C)S(=O)(=O)c1cccc(O)c1. The van der Waals surface area contributed by atoms with Crippen LogP contribution >= 0.6 is 11.3 Å². The molecular weight excluding hydrogens is 294 g/mol. The molecule has 0 amide bonds. The summed E-state index contributed by atoms with van der Waals surface area (Å²) in [6.45, 7) is 1.88. The summed E-state index contributed by atoms with van der Waals surface area (Å²) in [5.41, 5.74) is 0. The number of thiophene rings is 1. The lowest BCUT2D eigenvalue weighted by Crippen LogP contribution is -2.36. The van der Waals surface area contributed by atoms with Gasteiger partial charge >= 0.3 is 0 Å². The summed E-state index contributed by atoms with van der Waals surface area (Å²) in [6, 6.07) is 9.54. The summed E-state index contributed by atoms with van der Waals surface area (Å²) in [7, 11) is -2.02. The van der Waals surface area contributed by atoms with Crippen LogP contribution in [-0.4, -0.2) is 30.9 Å². The summed E-state index contributed by atoms with van der Waals surface area (Å²) in [6.07, 6.45) is 0.673. The molecule has 1 heterocycles. The molecule has 6 heteroatoms. The van der Waals surface area contributed by atoms with Crippen LogP contribution in [0.2, 0.25) is 0 Å². The predicted octanol–water partition coefficient (Wildman–Crippen LogP) is 2.71. The normalized spacial score (nSPS) is 13.6. The first-order chi connectivity index (χ1) is 9.41. The third-order valence-electron chi connectivity index (χ3n) is 3.19. The minimum Gasteiger partial charge on any atom is -0.508 e. The van der Waals surface area contributed by atoms with Gasteiger partial charge < -0.3 is 5.11 Å². The van der Waals surface area contributed by atoms with Gasteiger partial charge in [-0.1, -0.05) is 12.1 Å². The number of rotatable bonds is 5. The van der Waals surface area contributed by atoms with Gasteiger partial charge in [0.1, 0.15) is 5.75 Å². The van der Waals surface area contributed by atoms with Crippen molar-refractivity contribution in [2.24, 2.45) is 0 Å². The molecule has 108 valence electrons. The van der Waals surface area contributed by atoms with Gasteiger partial charge in [-0.2, -0.15) is 4.31 Å². The van der Waals surface area contributed by atoms with Crippen molar-refractivity contribution in [3.63, 3.8) is 0 Å². The van der Waals surface area contributed by atoms with Gasteiger partial charge in [0.2, 0.25) is 10.0 Å². The summed E-state index contributed by atoms with van der Waals surface area (Å²) < 4.78 is 26.3. The average Bonchev–Trinajstić information content (AvgIpc) is 2.90. The molecule has 0 aliphatic heterocycles. The summed E-state index contributed by atoms with van der Waals surface area (Å²) in [4.78, 5) is 1.26. The van der Waals surface area contributed by atoms with E-state index in [0.717, 1.165) is 4.88 Å². The summed E-state index contributed by atoms with van der Waals surface area (Å²) >= 11 is 1.62. The molecule has 1 atom stereocenters. The third kappa shape index (κ3) is 3.20. The van der Waals surface area contributed by atoms with Crippen LogP contribution in [0.15, 0.2) is 46.7 Å². The quantitative estimate of drug-likeness (QED) is 0.923. The van der Waals surface area contributed by atoms with E-state index >= 15 is 0 Å². The predicted molar refractivity (Wildman–Crippen MR) is 80.5 cm³/mol. The maximum absolute atomic E-state index is 12.5. The zero-order valence-electron chi connectivity index (χ0n) is 11.4. The number of hydrogen-bond donors (Lipinski definition) is 1. The number of phenols is 1. The fraction of sp³-hybridized carbons (Fsp3) is 0.286. The molecule has 0 bridgehead atoms. The molecule has 0 radical (unpaired) electrons. The van der Waals surface area contributed by atoms with Gasteiger partial charge in [0, 0.05) is 18.0 Å². The Bertz CT molecular complexity index is 665. The molecule has 20 heavy (non-hydrogen) atoms. The van der Waals surface area contributed by atoms with Crippen molar-refractivity contribution in [2.45, 2.75) is 24.3 Å². The van der Waals surface area contributed by atoms with Crippen molar-refractivity contribution in [3.05, 3.63) is 46.7 Å². The second-order valence-electron chi connectivity index (χ2n) is 4.65. The highest BCUT2D eigenvalue weighted by molar-refractivity contribution is 7.89. The Morgan fingerprint density at radius 2 is 2.05 bits per heavy atom. The molecule has 4 nitrogen and oxygen atoms in total. The van der Waals surface area contributed by atoms with Crippen molar-refractivity contribution >= 4 is 21.4 Å². The van der Waals surface area contributed by atoms with E-state index in [4.69, 9.17) is 0 Å². The van der Waals surface area contributed by atoms with E-state index in [1.807, 2.05) is 24.4 Å². The van der Waals surface area contributed by atoms with E-state index in [0.29, 0.717) is 6.42 Å². The topological polar surface area (TPSA) is 57.6 Å². The maximum atomic E-state index is 12.5. The Balaban J connectivity index is 2.20. The molecule has 0 aliphatic carbocycles. The Hall–Kier alpha value is -1.37. The fourth-order valence-electron chi connectivity index (χ4n) is 1.90. The molecule has 0 saturated carbocycles. The number of benzene rings is 1. The first kappa shape index (κ1) is 15.0. The fourth-order valence-corrected chi connectivity index (χ4v) is 4.12. The third-order valence-corrected chi connectivity index (χ3v) is 6.06. The van der Waals surface area contributed by atoms with E-state index in [9.17, 15) is 13.5 Å². The van der Waals surface area contributed by atoms with Crippen LogP contribution in [0.1, 0.15) is 11.8 Å². The molecule has 0 spiro atoms. The van der Waals surface area contributed by atoms with Crippen LogP contribution in [-0.2, 0) is 16.4 Å². The highest BCUT2D eigenvalue weighted by Crippen LogP contribution is 2.22. The molecule has 0 aliphatic rings. The molecule has 0 saturated heterocycles. The average molecular weight is 311 g/mol. The molecule has 1 N–H and O–H groups in total. The standard InChI is InChI=1S/C14H17NO3S2/c1-11(9-13-6-4-8-19-13)15(2)20(17,18)14-7-3-5-12(16)10-14/h3-8,10-11,16H,9H2,1-2H3. The van der Waals surface area contributed by atoms with Crippen LogP contribution < -0.4 is 0 Å². The van der Waals surface area contributed by atoms with Gasteiger partial charge in [-0.15, -0.1) is 11.3 Å². The number of aromatic hydroxyl groups is 1. The van der Waals surface area contributed by atoms with Crippen LogP contribution in [0.3, 0.4) is 0 Å².